The van der Waals surface area contributed by atoms with Crippen LogP contribution in [0.5, 0.6) is 0 Å². The van der Waals surface area contributed by atoms with Crippen LogP contribution >= 0.6 is 11.8 Å². The van der Waals surface area contributed by atoms with Crippen LogP contribution in [0.25, 0.3) is 0 Å². The van der Waals surface area contributed by atoms with Gasteiger partial charge in [-0.3, -0.25) is 14.9 Å². The summed E-state index contributed by atoms with van der Waals surface area (Å²) < 4.78 is 1.71. The molecule has 1 atom stereocenters. The van der Waals surface area contributed by atoms with Crippen LogP contribution in [-0.4, -0.2) is 31.2 Å². The molecule has 0 amide bonds. The third-order valence-corrected chi connectivity index (χ3v) is 6.15. The number of thioether (sulfide) groups is 1. The number of ketones is 1. The molecule has 152 valence electrons. The number of anilines is 1. The highest BCUT2D eigenvalue weighted by Gasteiger charge is 2.37. The number of carbonyl (C=O) groups excluding carboxylic acids is 1. The average molecular weight is 414 g/mol. The molecule has 1 N–H and O–H groups in total. The molecule has 1 aliphatic heterocycles. The first kappa shape index (κ1) is 19.6. The van der Waals surface area contributed by atoms with E-state index in [1.807, 2.05) is 6.07 Å². The van der Waals surface area contributed by atoms with E-state index < -0.39 is 11.0 Å². The summed E-state index contributed by atoms with van der Waals surface area (Å²) in [5.74, 6) is 1.59. The van der Waals surface area contributed by atoms with Gasteiger partial charge >= 0.3 is 0 Å². The smallest absolute Gasteiger partial charge is 0.269 e. The van der Waals surface area contributed by atoms with Gasteiger partial charge in [0.1, 0.15) is 6.04 Å². The van der Waals surface area contributed by atoms with Crippen LogP contribution in [-0.2, 0) is 4.79 Å². The summed E-state index contributed by atoms with van der Waals surface area (Å²) in [6.45, 7) is 2.17. The van der Waals surface area contributed by atoms with E-state index in [2.05, 4.69) is 22.3 Å². The van der Waals surface area contributed by atoms with Crippen molar-refractivity contribution in [2.45, 2.75) is 56.6 Å². The molecular formula is C20H23N5O3S. The maximum Gasteiger partial charge on any atom is 0.269 e. The number of hydrogen-bond acceptors (Lipinski definition) is 7. The zero-order valence-corrected chi connectivity index (χ0v) is 17.1. The van der Waals surface area contributed by atoms with E-state index in [4.69, 9.17) is 0 Å². The molecule has 1 aromatic heterocycles. The van der Waals surface area contributed by atoms with Gasteiger partial charge in [0, 0.05) is 35.6 Å². The van der Waals surface area contributed by atoms with Crippen LogP contribution in [0, 0.1) is 10.1 Å². The number of carbonyl (C=O) groups is 1. The highest BCUT2D eigenvalue weighted by Crippen LogP contribution is 2.41. The zero-order chi connectivity index (χ0) is 20.4. The van der Waals surface area contributed by atoms with Crippen molar-refractivity contribution in [3.05, 3.63) is 51.2 Å². The third-order valence-electron chi connectivity index (χ3n) is 5.22. The lowest BCUT2D eigenvalue weighted by atomic mass is 9.85. The van der Waals surface area contributed by atoms with E-state index >= 15 is 0 Å². The summed E-state index contributed by atoms with van der Waals surface area (Å²) >= 11 is 1.60. The van der Waals surface area contributed by atoms with Gasteiger partial charge in [-0.2, -0.15) is 4.98 Å². The maximum atomic E-state index is 12.8. The molecule has 0 bridgehead atoms. The van der Waals surface area contributed by atoms with Crippen molar-refractivity contribution in [3.63, 3.8) is 0 Å². The Bertz CT molecular complexity index is 984. The van der Waals surface area contributed by atoms with Gasteiger partial charge in [0.15, 0.2) is 5.78 Å². The largest absolute Gasteiger partial charge is 0.328 e. The van der Waals surface area contributed by atoms with Gasteiger partial charge in [0.2, 0.25) is 11.1 Å². The van der Waals surface area contributed by atoms with E-state index in [-0.39, 0.29) is 11.5 Å². The molecule has 2 aromatic rings. The Balaban J connectivity index is 1.74. The number of benzene rings is 1. The molecule has 1 aromatic carbocycles. The number of fused-ring (bicyclic) bond motifs is 1. The number of aromatic nitrogens is 3. The normalized spacial score (nSPS) is 18.2. The minimum Gasteiger partial charge on any atom is -0.328 e. The molecule has 0 unspecified atom stereocenters. The molecule has 9 heteroatoms. The standard InChI is InChI=1S/C20H23N5O3S/c1-2-3-4-11-29-20-22-19-21-15-9-6-10-16(26)17(15)18(24(19)23-20)13-7-5-8-14(12-13)25(27)28/h5,7-8,12,18H,2-4,6,9-11H2,1H3,(H,21,22,23)/t18-/m1/s1. The molecule has 2 aliphatic rings. The summed E-state index contributed by atoms with van der Waals surface area (Å²) in [4.78, 5) is 28.3. The Morgan fingerprint density at radius 1 is 1.34 bits per heavy atom. The Labute approximate surface area is 172 Å². The molecule has 8 nitrogen and oxygen atoms in total. The summed E-state index contributed by atoms with van der Waals surface area (Å²) in [6.07, 6.45) is 5.45. The van der Waals surface area contributed by atoms with Crippen LogP contribution in [0.2, 0.25) is 0 Å². The van der Waals surface area contributed by atoms with Crippen LogP contribution in [0.15, 0.2) is 40.7 Å². The predicted octanol–water partition coefficient (Wildman–Crippen LogP) is 4.49. The van der Waals surface area contributed by atoms with Crippen molar-refractivity contribution in [2.24, 2.45) is 0 Å². The fraction of sp³-hybridized carbons (Fsp3) is 0.450. The van der Waals surface area contributed by atoms with Gasteiger partial charge in [-0.25, -0.2) is 4.68 Å². The Kier molecular flexibility index (Phi) is 5.66. The number of non-ortho nitro benzene ring substituents is 1. The van der Waals surface area contributed by atoms with Gasteiger partial charge in [-0.1, -0.05) is 43.7 Å². The van der Waals surface area contributed by atoms with E-state index in [9.17, 15) is 14.9 Å². The number of hydrogen-bond donors (Lipinski definition) is 1. The van der Waals surface area contributed by atoms with Gasteiger partial charge < -0.3 is 5.32 Å². The fourth-order valence-corrected chi connectivity index (χ4v) is 4.66. The number of nitro benzene ring substituents is 1. The minimum absolute atomic E-state index is 0.00210. The molecule has 2 heterocycles. The highest BCUT2D eigenvalue weighted by atomic mass is 32.2. The summed E-state index contributed by atoms with van der Waals surface area (Å²) in [7, 11) is 0. The highest BCUT2D eigenvalue weighted by molar-refractivity contribution is 7.99. The lowest BCUT2D eigenvalue weighted by molar-refractivity contribution is -0.384. The van der Waals surface area contributed by atoms with Crippen molar-refractivity contribution in [1.29, 1.82) is 0 Å². The third kappa shape index (κ3) is 3.91. The second kappa shape index (κ2) is 8.36. The summed E-state index contributed by atoms with van der Waals surface area (Å²) in [5.41, 5.74) is 2.19. The average Bonchev–Trinajstić information content (AvgIpc) is 3.12. The van der Waals surface area contributed by atoms with Crippen molar-refractivity contribution in [3.8, 4) is 0 Å². The number of unbranched alkanes of at least 4 members (excludes halogenated alkanes) is 2. The quantitative estimate of drug-likeness (QED) is 0.309. The van der Waals surface area contributed by atoms with Crippen molar-refractivity contribution >= 4 is 29.2 Å². The Hall–Kier alpha value is -2.68. The second-order valence-corrected chi connectivity index (χ2v) is 8.33. The van der Waals surface area contributed by atoms with Gasteiger partial charge in [-0.15, -0.1) is 5.10 Å². The molecule has 1 aliphatic carbocycles. The van der Waals surface area contributed by atoms with E-state index in [0.717, 1.165) is 37.1 Å². The first-order valence-electron chi connectivity index (χ1n) is 9.95. The molecule has 0 saturated heterocycles. The zero-order valence-electron chi connectivity index (χ0n) is 16.3. The van der Waals surface area contributed by atoms with Crippen LogP contribution in [0.1, 0.15) is 57.1 Å². The summed E-state index contributed by atoms with van der Waals surface area (Å²) in [5, 5.41) is 19.9. The molecule has 0 spiro atoms. The molecule has 0 saturated carbocycles. The predicted molar refractivity (Wildman–Crippen MR) is 111 cm³/mol. The van der Waals surface area contributed by atoms with Crippen molar-refractivity contribution < 1.29 is 9.72 Å². The van der Waals surface area contributed by atoms with Crippen LogP contribution in [0.4, 0.5) is 11.6 Å². The Morgan fingerprint density at radius 2 is 2.21 bits per heavy atom. The van der Waals surface area contributed by atoms with E-state index in [0.29, 0.717) is 28.7 Å². The second-order valence-electron chi connectivity index (χ2n) is 7.27. The summed E-state index contributed by atoms with van der Waals surface area (Å²) in [6, 6.07) is 5.96. The number of allylic oxidation sites excluding steroid dienone is 2. The Morgan fingerprint density at radius 3 is 3.00 bits per heavy atom. The van der Waals surface area contributed by atoms with Crippen molar-refractivity contribution in [2.75, 3.05) is 11.1 Å². The molecule has 4 rings (SSSR count). The molecular weight excluding hydrogens is 390 g/mol. The van der Waals surface area contributed by atoms with E-state index in [1.165, 1.54) is 18.6 Å². The van der Waals surface area contributed by atoms with Gasteiger partial charge in [0.25, 0.3) is 5.69 Å². The van der Waals surface area contributed by atoms with Gasteiger partial charge in [-0.05, 0) is 24.8 Å². The lowest BCUT2D eigenvalue weighted by Gasteiger charge is -2.32. The van der Waals surface area contributed by atoms with Gasteiger partial charge in [0.05, 0.1) is 4.92 Å². The molecule has 0 fully saturated rings. The number of nitrogens with zero attached hydrogens (tertiary/aromatic N) is 4. The minimum atomic E-state index is -0.494. The first-order valence-corrected chi connectivity index (χ1v) is 10.9. The van der Waals surface area contributed by atoms with E-state index in [1.54, 1.807) is 22.5 Å². The first-order chi connectivity index (χ1) is 14.1. The number of nitro groups is 1. The monoisotopic (exact) mass is 413 g/mol. The molecule has 0 radical (unpaired) electrons. The number of rotatable bonds is 7. The SMILES string of the molecule is CCCCCSc1nc2n(n1)[C@H](c1cccc([N+](=O)[O-])c1)C1=C(CCCC1=O)N2. The topological polar surface area (TPSA) is 103 Å². The van der Waals surface area contributed by atoms with Crippen LogP contribution in [0.3, 0.4) is 0 Å². The van der Waals surface area contributed by atoms with Crippen LogP contribution < -0.4 is 5.32 Å². The fourth-order valence-electron chi connectivity index (χ4n) is 3.83. The lowest BCUT2D eigenvalue weighted by Crippen LogP contribution is -2.31. The number of Topliss-reactive ketones (excluding diaryl/α,β-unsaturated/α-hetero) is 1. The maximum absolute atomic E-state index is 12.8. The van der Waals surface area contributed by atoms with Crippen molar-refractivity contribution in [1.82, 2.24) is 14.8 Å². The number of nitrogens with one attached hydrogen (secondary N) is 1. The molecule has 29 heavy (non-hydrogen) atoms.